The van der Waals surface area contributed by atoms with Gasteiger partial charge in [-0.05, 0) is 30.3 Å². The summed E-state index contributed by atoms with van der Waals surface area (Å²) in [4.78, 5) is 36.3. The predicted octanol–water partition coefficient (Wildman–Crippen LogP) is 1.99. The highest BCUT2D eigenvalue weighted by Crippen LogP contribution is 2.36. The Balaban J connectivity index is 1.91. The molecule has 0 saturated heterocycles. The zero-order valence-electron chi connectivity index (χ0n) is 17.2. The van der Waals surface area contributed by atoms with Gasteiger partial charge in [0.15, 0.2) is 29.6 Å². The Morgan fingerprint density at radius 1 is 0.806 bits per heavy atom. The molecule has 0 saturated carbocycles. The molecule has 0 aliphatic rings. The normalized spacial score (nSPS) is 9.97. The van der Waals surface area contributed by atoms with Crippen LogP contribution < -0.4 is 29.8 Å². The highest BCUT2D eigenvalue weighted by Gasteiger charge is 2.18. The van der Waals surface area contributed by atoms with Crippen LogP contribution in [0.25, 0.3) is 0 Å². The molecule has 0 aromatic heterocycles. The first-order chi connectivity index (χ1) is 14.8. The van der Waals surface area contributed by atoms with Crippen molar-refractivity contribution in [1.29, 1.82) is 0 Å². The van der Waals surface area contributed by atoms with Crippen molar-refractivity contribution in [3.05, 3.63) is 46.5 Å². The minimum Gasteiger partial charge on any atom is -0.493 e. The van der Waals surface area contributed by atoms with Crippen LogP contribution in [0.1, 0.15) is 20.7 Å². The van der Waals surface area contributed by atoms with Crippen LogP contribution in [0.2, 0.25) is 5.02 Å². The lowest BCUT2D eigenvalue weighted by Crippen LogP contribution is -2.43. The van der Waals surface area contributed by atoms with Gasteiger partial charge in [-0.3, -0.25) is 20.4 Å². The van der Waals surface area contributed by atoms with Crippen molar-refractivity contribution in [3.63, 3.8) is 0 Å². The number of halogens is 1. The maximum atomic E-state index is 12.2. The van der Waals surface area contributed by atoms with Crippen LogP contribution in [0.3, 0.4) is 0 Å². The molecule has 0 atom stereocenters. The van der Waals surface area contributed by atoms with E-state index in [9.17, 15) is 14.4 Å². The number of hydrogen-bond donors (Lipinski definition) is 2. The second-order valence-electron chi connectivity index (χ2n) is 5.84. The molecule has 0 bridgehead atoms. The van der Waals surface area contributed by atoms with Crippen LogP contribution >= 0.6 is 11.6 Å². The van der Waals surface area contributed by atoms with Gasteiger partial charge < -0.3 is 23.7 Å². The van der Waals surface area contributed by atoms with Crippen LogP contribution in [0.5, 0.6) is 23.0 Å². The second-order valence-corrected chi connectivity index (χ2v) is 6.25. The van der Waals surface area contributed by atoms with Crippen molar-refractivity contribution < 1.29 is 38.1 Å². The highest BCUT2D eigenvalue weighted by molar-refractivity contribution is 6.32. The summed E-state index contributed by atoms with van der Waals surface area (Å²) in [5, 5.41) is 0.139. The molecule has 2 N–H and O–H groups in total. The van der Waals surface area contributed by atoms with E-state index in [2.05, 4.69) is 10.9 Å². The van der Waals surface area contributed by atoms with E-state index in [1.807, 2.05) is 0 Å². The van der Waals surface area contributed by atoms with Gasteiger partial charge in [-0.1, -0.05) is 11.6 Å². The summed E-state index contributed by atoms with van der Waals surface area (Å²) in [7, 11) is 5.69. The molecule has 0 unspecified atom stereocenters. The molecule has 0 spiro atoms. The van der Waals surface area contributed by atoms with Gasteiger partial charge in [0.1, 0.15) is 0 Å². The topological polar surface area (TPSA) is 121 Å². The van der Waals surface area contributed by atoms with Crippen molar-refractivity contribution in [1.82, 2.24) is 10.9 Å². The number of rotatable bonds is 8. The number of nitrogens with one attached hydrogen (secondary N) is 2. The Labute approximate surface area is 183 Å². The summed E-state index contributed by atoms with van der Waals surface area (Å²) in [6, 6.07) is 7.17. The van der Waals surface area contributed by atoms with Crippen molar-refractivity contribution >= 4 is 29.4 Å². The fraction of sp³-hybridized carbons (Fsp3) is 0.250. The lowest BCUT2D eigenvalue weighted by molar-refractivity contribution is -0.125. The number of esters is 1. The van der Waals surface area contributed by atoms with Gasteiger partial charge in [-0.25, -0.2) is 4.79 Å². The van der Waals surface area contributed by atoms with Crippen LogP contribution in [-0.4, -0.2) is 52.8 Å². The number of methoxy groups -OCH3 is 4. The molecule has 2 aromatic carbocycles. The van der Waals surface area contributed by atoms with Gasteiger partial charge in [-0.15, -0.1) is 0 Å². The molecule has 31 heavy (non-hydrogen) atoms. The summed E-state index contributed by atoms with van der Waals surface area (Å²) in [5.74, 6) is -0.885. The fourth-order valence-electron chi connectivity index (χ4n) is 2.46. The Hall–Kier alpha value is -3.66. The minimum absolute atomic E-state index is 0.0600. The molecule has 2 aromatic rings. The van der Waals surface area contributed by atoms with Gasteiger partial charge in [-0.2, -0.15) is 0 Å². The monoisotopic (exact) mass is 452 g/mol. The molecule has 2 rings (SSSR count). The van der Waals surface area contributed by atoms with Crippen LogP contribution in [0.15, 0.2) is 30.3 Å². The fourth-order valence-corrected chi connectivity index (χ4v) is 2.75. The zero-order chi connectivity index (χ0) is 23.0. The number of amides is 2. The van der Waals surface area contributed by atoms with E-state index in [1.54, 1.807) is 6.07 Å². The molecule has 2 amide bonds. The molecular formula is C20H21ClN2O8. The third-order valence-corrected chi connectivity index (χ3v) is 4.25. The third-order valence-electron chi connectivity index (χ3n) is 3.96. The van der Waals surface area contributed by atoms with Crippen molar-refractivity contribution in [2.45, 2.75) is 0 Å². The van der Waals surface area contributed by atoms with Gasteiger partial charge >= 0.3 is 5.97 Å². The van der Waals surface area contributed by atoms with E-state index >= 15 is 0 Å². The minimum atomic E-state index is -0.816. The maximum Gasteiger partial charge on any atom is 0.338 e. The Bertz CT molecular complexity index is 980. The highest BCUT2D eigenvalue weighted by atomic mass is 35.5. The summed E-state index contributed by atoms with van der Waals surface area (Å²) in [6.45, 7) is -0.642. The third kappa shape index (κ3) is 5.92. The average molecular weight is 453 g/mol. The molecule has 0 heterocycles. The number of hydrogen-bond acceptors (Lipinski definition) is 8. The van der Waals surface area contributed by atoms with E-state index < -0.39 is 24.4 Å². The lowest BCUT2D eigenvalue weighted by atomic mass is 10.2. The summed E-state index contributed by atoms with van der Waals surface area (Å²) in [5.41, 5.74) is 4.63. The van der Waals surface area contributed by atoms with E-state index in [0.29, 0.717) is 11.5 Å². The summed E-state index contributed by atoms with van der Waals surface area (Å²) >= 11 is 6.05. The number of ether oxygens (including phenoxy) is 5. The molecule has 10 nitrogen and oxygen atoms in total. The maximum absolute atomic E-state index is 12.2. The van der Waals surface area contributed by atoms with E-state index in [1.165, 1.54) is 52.7 Å². The first-order valence-electron chi connectivity index (χ1n) is 8.74. The predicted molar refractivity (Wildman–Crippen MR) is 110 cm³/mol. The Morgan fingerprint density at radius 3 is 2.06 bits per heavy atom. The number of carbonyl (C=O) groups excluding carboxylic acids is 3. The average Bonchev–Trinajstić information content (AvgIpc) is 2.79. The van der Waals surface area contributed by atoms with E-state index in [4.69, 9.17) is 35.3 Å². The molecule has 11 heteroatoms. The second kappa shape index (κ2) is 10.9. The van der Waals surface area contributed by atoms with Crippen LogP contribution in [0.4, 0.5) is 0 Å². The summed E-state index contributed by atoms with van der Waals surface area (Å²) < 4.78 is 25.3. The number of benzene rings is 2. The Morgan fingerprint density at radius 2 is 1.45 bits per heavy atom. The zero-order valence-corrected chi connectivity index (χ0v) is 18.0. The molecule has 0 radical (unpaired) electrons. The van der Waals surface area contributed by atoms with Crippen LogP contribution in [0, 0.1) is 0 Å². The molecule has 0 aliphatic heterocycles. The van der Waals surface area contributed by atoms with Gasteiger partial charge in [0.05, 0.1) is 39.0 Å². The first-order valence-corrected chi connectivity index (χ1v) is 9.12. The first kappa shape index (κ1) is 23.6. The largest absolute Gasteiger partial charge is 0.493 e. The lowest BCUT2D eigenvalue weighted by Gasteiger charge is -2.12. The van der Waals surface area contributed by atoms with E-state index in [0.717, 1.165) is 0 Å². The van der Waals surface area contributed by atoms with Gasteiger partial charge in [0, 0.05) is 5.56 Å². The van der Waals surface area contributed by atoms with Crippen molar-refractivity contribution in [2.75, 3.05) is 35.0 Å². The Kier molecular flexibility index (Phi) is 8.33. The molecule has 166 valence electrons. The van der Waals surface area contributed by atoms with Crippen molar-refractivity contribution in [3.8, 4) is 23.0 Å². The molecule has 0 aliphatic carbocycles. The SMILES string of the molecule is COc1ccc(C(=O)NNC(=O)COC(=O)c2cc(Cl)c(OC)c(OC)c2)cc1OC. The van der Waals surface area contributed by atoms with Gasteiger partial charge in [0.2, 0.25) is 0 Å². The quantitative estimate of drug-likeness (QED) is 0.460. The number of carbonyl (C=O) groups is 3. The number of hydrazine groups is 1. The van der Waals surface area contributed by atoms with E-state index in [-0.39, 0.29) is 27.6 Å². The standard InChI is InChI=1S/C20H21ClN2O8/c1-27-14-6-5-11(8-15(14)28-2)19(25)23-22-17(24)10-31-20(26)12-7-13(21)18(30-4)16(9-12)29-3/h5-9H,10H2,1-4H3,(H,22,24)(H,23,25). The van der Waals surface area contributed by atoms with Gasteiger partial charge in [0.25, 0.3) is 11.8 Å². The smallest absolute Gasteiger partial charge is 0.338 e. The molecule has 0 fully saturated rings. The summed E-state index contributed by atoms with van der Waals surface area (Å²) in [6.07, 6.45) is 0. The van der Waals surface area contributed by atoms with Crippen molar-refractivity contribution in [2.24, 2.45) is 0 Å². The van der Waals surface area contributed by atoms with Crippen LogP contribution in [-0.2, 0) is 9.53 Å². The molecular weight excluding hydrogens is 432 g/mol.